The van der Waals surface area contributed by atoms with Crippen molar-refractivity contribution in [3.05, 3.63) is 282 Å². The highest BCUT2D eigenvalue weighted by Gasteiger charge is 2.46. The summed E-state index contributed by atoms with van der Waals surface area (Å²) in [5, 5.41) is 2.49. The van der Waals surface area contributed by atoms with Crippen LogP contribution < -0.4 is 4.90 Å². The highest BCUT2D eigenvalue weighted by molar-refractivity contribution is 6.10. The number of aromatic nitrogens is 1. The molecular weight excluding hydrogens is 787 g/mol. The highest BCUT2D eigenvalue weighted by Crippen LogP contribution is 2.57. The summed E-state index contributed by atoms with van der Waals surface area (Å²) in [7, 11) is 0. The van der Waals surface area contributed by atoms with E-state index in [1.807, 2.05) is 12.1 Å². The van der Waals surface area contributed by atoms with Gasteiger partial charge < -0.3 is 9.47 Å². The monoisotopic (exact) mass is 827 g/mol. The molecule has 0 bridgehead atoms. The third kappa shape index (κ3) is 6.19. The Kier molecular flexibility index (Phi) is 9.11. The third-order valence-corrected chi connectivity index (χ3v) is 13.3. The van der Waals surface area contributed by atoms with Crippen LogP contribution in [0.4, 0.5) is 22.7 Å². The van der Waals surface area contributed by atoms with Gasteiger partial charge in [-0.25, -0.2) is 4.85 Å². The van der Waals surface area contributed by atoms with E-state index in [4.69, 9.17) is 6.57 Å². The number of para-hydroxylation sites is 2. The fraction of sp³-hybridized carbons (Fsp3) is 0.0161. The van der Waals surface area contributed by atoms with E-state index >= 15 is 0 Å². The van der Waals surface area contributed by atoms with Crippen molar-refractivity contribution in [1.82, 2.24) is 4.57 Å². The quantitative estimate of drug-likeness (QED) is 0.139. The average molecular weight is 828 g/mol. The summed E-state index contributed by atoms with van der Waals surface area (Å²) >= 11 is 0. The van der Waals surface area contributed by atoms with Crippen molar-refractivity contribution >= 4 is 44.6 Å². The summed E-state index contributed by atoms with van der Waals surface area (Å²) in [5.41, 5.74) is 18.9. The van der Waals surface area contributed by atoms with Crippen LogP contribution >= 0.6 is 0 Å². The maximum atomic E-state index is 7.67. The zero-order valence-corrected chi connectivity index (χ0v) is 35.5. The molecule has 1 heterocycles. The van der Waals surface area contributed by atoms with E-state index in [2.05, 4.69) is 251 Å². The summed E-state index contributed by atoms with van der Waals surface area (Å²) in [6, 6.07) is 89.5. The number of hydrogen-bond donors (Lipinski definition) is 0. The SMILES string of the molecule is [C-]#[N+]c1ccc(N(c2ccc(-c3ccc(-c4ccc5c(c4)c4ccccc4n5-c4ccccc4)cc3)cc2)c2ccc3c(c2)C(c2ccccc2)(c2ccccc2)c2ccccc2-3)cc1. The Balaban J connectivity index is 0.926. The summed E-state index contributed by atoms with van der Waals surface area (Å²) in [6.45, 7) is 7.67. The topological polar surface area (TPSA) is 12.5 Å². The van der Waals surface area contributed by atoms with Crippen LogP contribution in [-0.4, -0.2) is 4.57 Å². The molecule has 0 fully saturated rings. The molecule has 1 aliphatic carbocycles. The second-order valence-electron chi connectivity index (χ2n) is 16.8. The average Bonchev–Trinajstić information content (AvgIpc) is 3.88. The first-order valence-electron chi connectivity index (χ1n) is 22.1. The second-order valence-corrected chi connectivity index (χ2v) is 16.8. The molecular formula is C62H41N3. The van der Waals surface area contributed by atoms with Crippen LogP contribution in [0.25, 0.3) is 65.7 Å². The number of fused-ring (bicyclic) bond motifs is 6. The molecule has 1 aliphatic rings. The molecule has 304 valence electrons. The molecule has 0 N–H and O–H groups in total. The number of benzene rings is 10. The number of hydrogen-bond acceptors (Lipinski definition) is 1. The molecule has 0 saturated carbocycles. The molecule has 10 aromatic carbocycles. The van der Waals surface area contributed by atoms with Crippen LogP contribution in [0.2, 0.25) is 0 Å². The lowest BCUT2D eigenvalue weighted by molar-refractivity contribution is 0.768. The van der Waals surface area contributed by atoms with Gasteiger partial charge in [-0.2, -0.15) is 0 Å². The van der Waals surface area contributed by atoms with Gasteiger partial charge in [0.1, 0.15) is 0 Å². The van der Waals surface area contributed by atoms with Gasteiger partial charge in [0.15, 0.2) is 5.69 Å². The van der Waals surface area contributed by atoms with E-state index in [1.54, 1.807) is 0 Å². The first-order chi connectivity index (χ1) is 32.2. The van der Waals surface area contributed by atoms with Crippen LogP contribution in [-0.2, 0) is 5.41 Å². The molecule has 11 aromatic rings. The van der Waals surface area contributed by atoms with Gasteiger partial charge in [0.2, 0.25) is 0 Å². The molecule has 65 heavy (non-hydrogen) atoms. The van der Waals surface area contributed by atoms with Crippen molar-refractivity contribution in [2.45, 2.75) is 5.41 Å². The summed E-state index contributed by atoms with van der Waals surface area (Å²) < 4.78 is 2.36. The van der Waals surface area contributed by atoms with E-state index in [9.17, 15) is 0 Å². The van der Waals surface area contributed by atoms with Crippen molar-refractivity contribution < 1.29 is 0 Å². The van der Waals surface area contributed by atoms with Gasteiger partial charge in [0.25, 0.3) is 0 Å². The molecule has 0 amide bonds. The van der Waals surface area contributed by atoms with Crippen LogP contribution in [0.15, 0.2) is 249 Å². The maximum Gasteiger partial charge on any atom is 0.187 e. The van der Waals surface area contributed by atoms with Gasteiger partial charge >= 0.3 is 0 Å². The molecule has 0 aliphatic heterocycles. The normalized spacial score (nSPS) is 12.4. The zero-order chi connectivity index (χ0) is 43.3. The van der Waals surface area contributed by atoms with Crippen molar-refractivity contribution in [3.63, 3.8) is 0 Å². The molecule has 0 atom stereocenters. The molecule has 3 nitrogen and oxygen atoms in total. The molecule has 0 radical (unpaired) electrons. The number of anilines is 3. The maximum absolute atomic E-state index is 7.67. The van der Waals surface area contributed by atoms with Gasteiger partial charge in [0.05, 0.1) is 23.0 Å². The Labute approximate surface area is 379 Å². The molecule has 12 rings (SSSR count). The van der Waals surface area contributed by atoms with Gasteiger partial charge in [-0.05, 0) is 122 Å². The van der Waals surface area contributed by atoms with Crippen molar-refractivity contribution in [1.29, 1.82) is 0 Å². The third-order valence-electron chi connectivity index (χ3n) is 13.3. The van der Waals surface area contributed by atoms with Gasteiger partial charge in [-0.1, -0.05) is 182 Å². The standard InChI is InChI=1S/C62H41N3/c1-63-49-32-36-52(37-33-49)64(53-38-39-55-54-21-11-13-23-58(54)62(59(55)42-53,47-15-5-2-6-16-47)48-17-7-3-8-18-48)51-34-29-44(30-35-51)43-25-27-45(28-26-43)46-31-40-61-57(41-46)56-22-12-14-24-60(56)65(61)50-19-9-4-10-20-50/h2-42H. The number of nitrogens with zero attached hydrogens (tertiary/aromatic N) is 3. The van der Waals surface area contributed by atoms with Gasteiger partial charge in [0, 0.05) is 33.5 Å². The Morgan fingerprint density at radius 3 is 1.52 bits per heavy atom. The van der Waals surface area contributed by atoms with Crippen molar-refractivity contribution in [2.24, 2.45) is 0 Å². The van der Waals surface area contributed by atoms with Crippen molar-refractivity contribution in [3.8, 4) is 39.1 Å². The predicted molar refractivity (Wildman–Crippen MR) is 270 cm³/mol. The first kappa shape index (κ1) is 38.0. The minimum Gasteiger partial charge on any atom is -0.311 e. The smallest absolute Gasteiger partial charge is 0.187 e. The zero-order valence-electron chi connectivity index (χ0n) is 35.5. The lowest BCUT2D eigenvalue weighted by Gasteiger charge is -2.35. The van der Waals surface area contributed by atoms with Crippen LogP contribution in [0.5, 0.6) is 0 Å². The van der Waals surface area contributed by atoms with Gasteiger partial charge in [-0.15, -0.1) is 0 Å². The van der Waals surface area contributed by atoms with Crippen molar-refractivity contribution in [2.75, 3.05) is 4.90 Å². The Morgan fingerprint density at radius 1 is 0.369 bits per heavy atom. The van der Waals surface area contributed by atoms with E-state index in [0.29, 0.717) is 5.69 Å². The second kappa shape index (κ2) is 15.6. The molecule has 1 aromatic heterocycles. The summed E-state index contributed by atoms with van der Waals surface area (Å²) in [6.07, 6.45) is 0. The molecule has 3 heteroatoms. The fourth-order valence-corrected chi connectivity index (χ4v) is 10.4. The first-order valence-corrected chi connectivity index (χ1v) is 22.1. The lowest BCUT2D eigenvalue weighted by atomic mass is 9.67. The highest BCUT2D eigenvalue weighted by atomic mass is 15.1. The van der Waals surface area contributed by atoms with Gasteiger partial charge in [-0.3, -0.25) is 0 Å². The minimum atomic E-state index is -0.521. The van der Waals surface area contributed by atoms with Crippen LogP contribution in [0.3, 0.4) is 0 Å². The Hall–Kier alpha value is -8.71. The summed E-state index contributed by atoms with van der Waals surface area (Å²) in [5.74, 6) is 0. The molecule has 0 spiro atoms. The lowest BCUT2D eigenvalue weighted by Crippen LogP contribution is -2.28. The van der Waals surface area contributed by atoms with E-state index in [-0.39, 0.29) is 0 Å². The largest absolute Gasteiger partial charge is 0.311 e. The van der Waals surface area contributed by atoms with E-state index < -0.39 is 5.41 Å². The van der Waals surface area contributed by atoms with E-state index in [1.165, 1.54) is 66.3 Å². The Bertz CT molecular complexity index is 3530. The molecule has 0 saturated heterocycles. The van der Waals surface area contributed by atoms with E-state index in [0.717, 1.165) is 33.9 Å². The summed E-state index contributed by atoms with van der Waals surface area (Å²) in [4.78, 5) is 6.03. The minimum absolute atomic E-state index is 0.521. The number of rotatable bonds is 8. The fourth-order valence-electron chi connectivity index (χ4n) is 10.4. The predicted octanol–water partition coefficient (Wildman–Crippen LogP) is 16.5. The van der Waals surface area contributed by atoms with Crippen LogP contribution in [0.1, 0.15) is 22.3 Å². The Morgan fingerprint density at radius 2 is 0.862 bits per heavy atom. The molecule has 0 unspecified atom stereocenters. The van der Waals surface area contributed by atoms with Crippen LogP contribution in [0, 0.1) is 6.57 Å².